The molecule has 0 saturated heterocycles. The highest BCUT2D eigenvalue weighted by atomic mass is 35.5. The van der Waals surface area contributed by atoms with E-state index in [9.17, 15) is 9.59 Å². The molecule has 0 aliphatic rings. The third-order valence-electron chi connectivity index (χ3n) is 3.23. The molecule has 0 amide bonds. The van der Waals surface area contributed by atoms with E-state index in [4.69, 9.17) is 16.3 Å². The lowest BCUT2D eigenvalue weighted by molar-refractivity contribution is 0.0476. The second-order valence-corrected chi connectivity index (χ2v) is 5.12. The van der Waals surface area contributed by atoms with E-state index in [2.05, 4.69) is 9.97 Å². The van der Waals surface area contributed by atoms with Crippen LogP contribution in [-0.2, 0) is 4.74 Å². The maximum Gasteiger partial charge on any atom is 0.340 e. The molecular formula is C17H11ClN2O3. The van der Waals surface area contributed by atoms with Crippen molar-refractivity contribution >= 4 is 34.4 Å². The number of rotatable bonds is 4. The van der Waals surface area contributed by atoms with Crippen molar-refractivity contribution in [2.75, 3.05) is 6.61 Å². The molecule has 0 bridgehead atoms. The summed E-state index contributed by atoms with van der Waals surface area (Å²) in [6.07, 6.45) is 3.03. The van der Waals surface area contributed by atoms with Gasteiger partial charge in [0.05, 0.1) is 16.1 Å². The van der Waals surface area contributed by atoms with Crippen LogP contribution in [0, 0.1) is 0 Å². The fraction of sp³-hybridized carbons (Fsp3) is 0.0588. The Morgan fingerprint density at radius 3 is 2.52 bits per heavy atom. The molecule has 0 fully saturated rings. The summed E-state index contributed by atoms with van der Waals surface area (Å²) in [5.74, 6) is -0.994. The van der Waals surface area contributed by atoms with E-state index in [0.29, 0.717) is 21.6 Å². The number of fused-ring (bicyclic) bond motifs is 1. The van der Waals surface area contributed by atoms with Crippen molar-refractivity contribution < 1.29 is 14.3 Å². The van der Waals surface area contributed by atoms with Crippen molar-refractivity contribution in [3.05, 3.63) is 71.0 Å². The first-order valence-corrected chi connectivity index (χ1v) is 7.19. The number of carbonyl (C=O) groups is 2. The molecule has 0 N–H and O–H groups in total. The lowest BCUT2D eigenvalue weighted by atomic mass is 10.1. The zero-order valence-electron chi connectivity index (χ0n) is 11.9. The summed E-state index contributed by atoms with van der Waals surface area (Å²) in [5, 5.41) is 0.324. The molecule has 0 atom stereocenters. The van der Waals surface area contributed by atoms with E-state index in [1.165, 1.54) is 6.20 Å². The molecule has 6 heteroatoms. The van der Waals surface area contributed by atoms with Crippen LogP contribution in [-0.4, -0.2) is 28.3 Å². The second kappa shape index (κ2) is 6.54. The molecule has 0 spiro atoms. The Kier molecular flexibility index (Phi) is 4.30. The van der Waals surface area contributed by atoms with Gasteiger partial charge in [-0.05, 0) is 24.3 Å². The summed E-state index contributed by atoms with van der Waals surface area (Å²) in [6.45, 7) is -0.390. The van der Waals surface area contributed by atoms with Crippen LogP contribution in [0.4, 0.5) is 0 Å². The lowest BCUT2D eigenvalue weighted by Gasteiger charge is -2.07. The predicted molar refractivity (Wildman–Crippen MR) is 85.6 cm³/mol. The van der Waals surface area contributed by atoms with Crippen LogP contribution in [0.3, 0.4) is 0 Å². The van der Waals surface area contributed by atoms with E-state index in [1.807, 2.05) is 0 Å². The number of esters is 1. The number of Topliss-reactive ketones (excluding diaryl/α,β-unsaturated/α-hetero) is 1. The number of halogens is 1. The van der Waals surface area contributed by atoms with Gasteiger partial charge < -0.3 is 4.74 Å². The number of carbonyl (C=O) groups excluding carboxylic acids is 2. The van der Waals surface area contributed by atoms with E-state index in [0.717, 1.165) is 0 Å². The van der Waals surface area contributed by atoms with Crippen LogP contribution < -0.4 is 0 Å². The molecule has 3 aromatic rings. The molecule has 3 rings (SSSR count). The van der Waals surface area contributed by atoms with Gasteiger partial charge in [-0.3, -0.25) is 14.8 Å². The van der Waals surface area contributed by atoms with Crippen LogP contribution >= 0.6 is 11.6 Å². The first-order chi connectivity index (χ1) is 11.2. The lowest BCUT2D eigenvalue weighted by Crippen LogP contribution is -2.15. The van der Waals surface area contributed by atoms with Crippen LogP contribution in [0.1, 0.15) is 20.7 Å². The van der Waals surface area contributed by atoms with E-state index < -0.39 is 5.97 Å². The maximum atomic E-state index is 12.2. The first-order valence-electron chi connectivity index (χ1n) is 6.81. The molecule has 0 aliphatic heterocycles. The molecule has 114 valence electrons. The molecule has 0 unspecified atom stereocenters. The standard InChI is InChI=1S/C17H11ClN2O3/c18-13-6-2-1-4-11(13)15(21)10-23-17(22)12-5-3-7-14-16(12)20-9-8-19-14/h1-9H,10H2. The summed E-state index contributed by atoms with van der Waals surface area (Å²) in [5.41, 5.74) is 1.60. The van der Waals surface area contributed by atoms with Crippen LogP contribution in [0.5, 0.6) is 0 Å². The number of aromatic nitrogens is 2. The minimum Gasteiger partial charge on any atom is -0.454 e. The van der Waals surface area contributed by atoms with Crippen molar-refractivity contribution in [1.29, 1.82) is 0 Å². The smallest absolute Gasteiger partial charge is 0.340 e. The van der Waals surface area contributed by atoms with Crippen molar-refractivity contribution in [1.82, 2.24) is 9.97 Å². The van der Waals surface area contributed by atoms with Crippen molar-refractivity contribution in [3.63, 3.8) is 0 Å². The monoisotopic (exact) mass is 326 g/mol. The number of hydrogen-bond donors (Lipinski definition) is 0. The zero-order chi connectivity index (χ0) is 16.2. The molecule has 0 saturated carbocycles. The van der Waals surface area contributed by atoms with E-state index in [1.54, 1.807) is 48.7 Å². The Hall–Kier alpha value is -2.79. The maximum absolute atomic E-state index is 12.2. The van der Waals surface area contributed by atoms with Crippen molar-refractivity contribution in [3.8, 4) is 0 Å². The topological polar surface area (TPSA) is 69.2 Å². The summed E-state index contributed by atoms with van der Waals surface area (Å²) in [4.78, 5) is 32.5. The number of hydrogen-bond acceptors (Lipinski definition) is 5. The highest BCUT2D eigenvalue weighted by molar-refractivity contribution is 6.34. The number of nitrogens with zero attached hydrogens (tertiary/aromatic N) is 2. The summed E-state index contributed by atoms with van der Waals surface area (Å²) in [7, 11) is 0. The average molecular weight is 327 g/mol. The normalized spacial score (nSPS) is 10.5. The first kappa shape index (κ1) is 15.1. The number of ketones is 1. The number of benzene rings is 2. The van der Waals surface area contributed by atoms with Crippen molar-refractivity contribution in [2.45, 2.75) is 0 Å². The van der Waals surface area contributed by atoms with Crippen LogP contribution in [0.15, 0.2) is 54.9 Å². The Balaban J connectivity index is 1.77. The highest BCUT2D eigenvalue weighted by Crippen LogP contribution is 2.17. The largest absolute Gasteiger partial charge is 0.454 e. The quantitative estimate of drug-likeness (QED) is 0.543. The minimum atomic E-state index is -0.628. The van der Waals surface area contributed by atoms with Gasteiger partial charge in [0.25, 0.3) is 0 Å². The fourth-order valence-electron chi connectivity index (χ4n) is 2.13. The van der Waals surface area contributed by atoms with Gasteiger partial charge in [0.2, 0.25) is 5.78 Å². The molecule has 1 aromatic heterocycles. The summed E-state index contributed by atoms with van der Waals surface area (Å²) >= 11 is 5.95. The van der Waals surface area contributed by atoms with E-state index in [-0.39, 0.29) is 18.0 Å². The van der Waals surface area contributed by atoms with Crippen molar-refractivity contribution in [2.24, 2.45) is 0 Å². The molecule has 0 radical (unpaired) electrons. The molecule has 23 heavy (non-hydrogen) atoms. The van der Waals surface area contributed by atoms with Crippen LogP contribution in [0.2, 0.25) is 5.02 Å². The highest BCUT2D eigenvalue weighted by Gasteiger charge is 2.16. The Bertz CT molecular complexity index is 890. The third kappa shape index (κ3) is 3.19. The molecule has 0 aliphatic carbocycles. The Labute approximate surface area is 136 Å². The average Bonchev–Trinajstić information content (AvgIpc) is 2.59. The number of ether oxygens (including phenoxy) is 1. The Morgan fingerprint density at radius 2 is 1.70 bits per heavy atom. The predicted octanol–water partition coefficient (Wildman–Crippen LogP) is 3.32. The van der Waals surface area contributed by atoms with Crippen LogP contribution in [0.25, 0.3) is 11.0 Å². The van der Waals surface area contributed by atoms with Gasteiger partial charge >= 0.3 is 5.97 Å². The van der Waals surface area contributed by atoms with Gasteiger partial charge in [0.15, 0.2) is 6.61 Å². The molecule has 2 aromatic carbocycles. The van der Waals surface area contributed by atoms with Gasteiger partial charge in [0.1, 0.15) is 5.52 Å². The minimum absolute atomic E-state index is 0.266. The van der Waals surface area contributed by atoms with Gasteiger partial charge in [-0.25, -0.2) is 4.79 Å². The van der Waals surface area contributed by atoms with Gasteiger partial charge in [-0.2, -0.15) is 0 Å². The van der Waals surface area contributed by atoms with Gasteiger partial charge in [0, 0.05) is 18.0 Å². The fourth-order valence-corrected chi connectivity index (χ4v) is 2.37. The van der Waals surface area contributed by atoms with Gasteiger partial charge in [-0.15, -0.1) is 0 Å². The summed E-state index contributed by atoms with van der Waals surface area (Å²) in [6, 6.07) is 11.6. The van der Waals surface area contributed by atoms with Gasteiger partial charge in [-0.1, -0.05) is 29.8 Å². The van der Waals surface area contributed by atoms with E-state index >= 15 is 0 Å². The molecule has 5 nitrogen and oxygen atoms in total. The second-order valence-electron chi connectivity index (χ2n) is 4.71. The molecule has 1 heterocycles. The molecular weight excluding hydrogens is 316 g/mol. The third-order valence-corrected chi connectivity index (χ3v) is 3.56. The Morgan fingerprint density at radius 1 is 0.957 bits per heavy atom. The number of para-hydroxylation sites is 1. The zero-order valence-corrected chi connectivity index (χ0v) is 12.7. The SMILES string of the molecule is O=C(COC(=O)c1cccc2nccnc12)c1ccccc1Cl. The summed E-state index contributed by atoms with van der Waals surface area (Å²) < 4.78 is 5.09.